The number of alkyl halides is 5. The van der Waals surface area contributed by atoms with E-state index in [-0.39, 0.29) is 31.7 Å². The second-order valence-corrected chi connectivity index (χ2v) is 6.79. The molecule has 2 aliphatic rings. The molecule has 150 valence electrons. The fourth-order valence-corrected chi connectivity index (χ4v) is 3.43. The summed E-state index contributed by atoms with van der Waals surface area (Å²) in [4.78, 5) is 6.05. The van der Waals surface area contributed by atoms with E-state index in [4.69, 9.17) is 0 Å². The van der Waals surface area contributed by atoms with E-state index < -0.39 is 18.3 Å². The summed E-state index contributed by atoms with van der Waals surface area (Å²) in [7, 11) is 0. The van der Waals surface area contributed by atoms with Gasteiger partial charge in [0.05, 0.1) is 11.7 Å². The van der Waals surface area contributed by atoms with Gasteiger partial charge in [0.25, 0.3) is 5.92 Å². The van der Waals surface area contributed by atoms with E-state index in [1.807, 2.05) is 0 Å². The van der Waals surface area contributed by atoms with Crippen LogP contribution in [-0.4, -0.2) is 30.4 Å². The smallest absolute Gasteiger partial charge is 0.406 e. The van der Waals surface area contributed by atoms with E-state index in [9.17, 15) is 22.0 Å². The standard InChI is InChI=1S/C18H17F5N4O/c19-17(20)4-7-27(8-5-17)15-9-11(3-6-24-15)16-13-10-12(28-18(21,22)23)1-2-14(13)25-26-16/h1-3,6,9-10,16,25-26H,4-5,7-8H2. The summed E-state index contributed by atoms with van der Waals surface area (Å²) in [5.41, 5.74) is 7.92. The highest BCUT2D eigenvalue weighted by Gasteiger charge is 2.35. The first-order valence-corrected chi connectivity index (χ1v) is 8.70. The molecule has 5 nitrogen and oxygen atoms in total. The molecule has 1 saturated heterocycles. The number of anilines is 2. The number of ether oxygens (including phenoxy) is 1. The molecular formula is C18H17F5N4O. The molecule has 0 saturated carbocycles. The van der Waals surface area contributed by atoms with Crippen LogP contribution >= 0.6 is 0 Å². The molecule has 2 aliphatic heterocycles. The minimum atomic E-state index is -4.77. The first-order valence-electron chi connectivity index (χ1n) is 8.70. The molecule has 4 rings (SSSR count). The Morgan fingerprint density at radius 3 is 2.57 bits per heavy atom. The first kappa shape index (κ1) is 18.7. The maximum absolute atomic E-state index is 13.4. The van der Waals surface area contributed by atoms with Gasteiger partial charge in [-0.2, -0.15) is 0 Å². The number of nitrogens with one attached hydrogen (secondary N) is 2. The average Bonchev–Trinajstić information content (AvgIpc) is 3.03. The van der Waals surface area contributed by atoms with Gasteiger partial charge in [0.2, 0.25) is 0 Å². The Kier molecular flexibility index (Phi) is 4.53. The van der Waals surface area contributed by atoms with Crippen molar-refractivity contribution in [2.24, 2.45) is 0 Å². The first-order chi connectivity index (χ1) is 13.2. The molecule has 2 N–H and O–H groups in total. The van der Waals surface area contributed by atoms with E-state index in [0.29, 0.717) is 17.1 Å². The van der Waals surface area contributed by atoms with Crippen molar-refractivity contribution in [2.45, 2.75) is 31.2 Å². The molecule has 1 atom stereocenters. The molecule has 0 aliphatic carbocycles. The Hall–Kier alpha value is -2.62. The average molecular weight is 400 g/mol. The number of halogens is 5. The predicted molar refractivity (Wildman–Crippen MR) is 92.4 cm³/mol. The highest BCUT2D eigenvalue weighted by atomic mass is 19.4. The van der Waals surface area contributed by atoms with Crippen molar-refractivity contribution in [3.8, 4) is 5.75 Å². The zero-order valence-corrected chi connectivity index (χ0v) is 14.6. The molecule has 0 radical (unpaired) electrons. The molecule has 0 amide bonds. The fourth-order valence-electron chi connectivity index (χ4n) is 3.43. The number of hydrazine groups is 1. The second kappa shape index (κ2) is 6.77. The molecule has 1 aromatic carbocycles. The number of hydrogen-bond donors (Lipinski definition) is 2. The number of rotatable bonds is 3. The Labute approximate surface area is 157 Å². The van der Waals surface area contributed by atoms with Crippen LogP contribution in [0.5, 0.6) is 5.75 Å². The SMILES string of the molecule is FC1(F)CCN(c2cc(C3NNc4ccc(OC(F)(F)F)cc43)ccn2)CC1. The lowest BCUT2D eigenvalue weighted by Crippen LogP contribution is -2.39. The van der Waals surface area contributed by atoms with E-state index >= 15 is 0 Å². The number of pyridine rings is 1. The van der Waals surface area contributed by atoms with Gasteiger partial charge in [-0.1, -0.05) is 0 Å². The fraction of sp³-hybridized carbons (Fsp3) is 0.389. The van der Waals surface area contributed by atoms with Crippen molar-refractivity contribution >= 4 is 11.5 Å². The normalized spacial score (nSPS) is 21.2. The molecular weight excluding hydrogens is 383 g/mol. The minimum Gasteiger partial charge on any atom is -0.406 e. The van der Waals surface area contributed by atoms with Crippen LogP contribution in [0.15, 0.2) is 36.5 Å². The third kappa shape index (κ3) is 3.96. The summed E-state index contributed by atoms with van der Waals surface area (Å²) >= 11 is 0. The Morgan fingerprint density at radius 2 is 1.86 bits per heavy atom. The van der Waals surface area contributed by atoms with E-state index in [2.05, 4.69) is 20.6 Å². The maximum atomic E-state index is 13.4. The highest BCUT2D eigenvalue weighted by Crippen LogP contribution is 2.38. The Bertz CT molecular complexity index is 863. The van der Waals surface area contributed by atoms with E-state index in [0.717, 1.165) is 5.56 Å². The van der Waals surface area contributed by atoms with Gasteiger partial charge in [0.15, 0.2) is 0 Å². The van der Waals surface area contributed by atoms with Gasteiger partial charge in [0.1, 0.15) is 11.6 Å². The number of fused-ring (bicyclic) bond motifs is 1. The third-order valence-electron chi connectivity index (χ3n) is 4.84. The van der Waals surface area contributed by atoms with E-state index in [1.165, 1.54) is 18.2 Å². The molecule has 1 unspecified atom stereocenters. The van der Waals surface area contributed by atoms with Gasteiger partial charge in [-0.3, -0.25) is 0 Å². The molecule has 0 bridgehead atoms. The largest absolute Gasteiger partial charge is 0.573 e. The summed E-state index contributed by atoms with van der Waals surface area (Å²) in [6.45, 7) is 0.389. The highest BCUT2D eigenvalue weighted by molar-refractivity contribution is 5.61. The number of piperidine rings is 1. The van der Waals surface area contributed by atoms with Crippen molar-refractivity contribution in [1.29, 1.82) is 0 Å². The van der Waals surface area contributed by atoms with Crippen LogP contribution in [0.1, 0.15) is 30.0 Å². The van der Waals surface area contributed by atoms with Crippen LogP contribution in [0.4, 0.5) is 33.5 Å². The van der Waals surface area contributed by atoms with Crippen molar-refractivity contribution in [3.63, 3.8) is 0 Å². The van der Waals surface area contributed by atoms with Crippen molar-refractivity contribution in [2.75, 3.05) is 23.4 Å². The van der Waals surface area contributed by atoms with Gasteiger partial charge < -0.3 is 15.1 Å². The number of hydrogen-bond acceptors (Lipinski definition) is 5. The maximum Gasteiger partial charge on any atom is 0.573 e. The van der Waals surface area contributed by atoms with E-state index in [1.54, 1.807) is 23.2 Å². The van der Waals surface area contributed by atoms with Crippen LogP contribution in [-0.2, 0) is 0 Å². The van der Waals surface area contributed by atoms with Crippen LogP contribution in [0, 0.1) is 0 Å². The van der Waals surface area contributed by atoms with Gasteiger partial charge in [-0.05, 0) is 35.9 Å². The molecule has 0 spiro atoms. The van der Waals surface area contributed by atoms with Crippen molar-refractivity contribution in [3.05, 3.63) is 47.7 Å². The topological polar surface area (TPSA) is 49.4 Å². The van der Waals surface area contributed by atoms with Crippen molar-refractivity contribution in [1.82, 2.24) is 10.4 Å². The summed E-state index contributed by atoms with van der Waals surface area (Å²) in [6.07, 6.45) is -3.68. The lowest BCUT2D eigenvalue weighted by molar-refractivity contribution is -0.274. The lowest BCUT2D eigenvalue weighted by atomic mass is 9.99. The van der Waals surface area contributed by atoms with Crippen LogP contribution in [0.3, 0.4) is 0 Å². The monoisotopic (exact) mass is 400 g/mol. The lowest BCUT2D eigenvalue weighted by Gasteiger charge is -2.32. The third-order valence-corrected chi connectivity index (χ3v) is 4.84. The molecule has 1 fully saturated rings. The number of aromatic nitrogens is 1. The molecule has 28 heavy (non-hydrogen) atoms. The molecule has 10 heteroatoms. The van der Waals surface area contributed by atoms with Gasteiger partial charge in [0, 0.05) is 37.7 Å². The van der Waals surface area contributed by atoms with Crippen LogP contribution in [0.25, 0.3) is 0 Å². The van der Waals surface area contributed by atoms with Crippen molar-refractivity contribution < 1.29 is 26.7 Å². The summed E-state index contributed by atoms with van der Waals surface area (Å²) in [5, 5.41) is 0. The summed E-state index contributed by atoms with van der Waals surface area (Å²) < 4.78 is 68.3. The summed E-state index contributed by atoms with van der Waals surface area (Å²) in [5.74, 6) is -2.40. The Morgan fingerprint density at radius 1 is 1.11 bits per heavy atom. The predicted octanol–water partition coefficient (Wildman–Crippen LogP) is 4.24. The van der Waals surface area contributed by atoms with Gasteiger partial charge in [-0.15, -0.1) is 13.2 Å². The molecule has 2 aromatic rings. The van der Waals surface area contributed by atoms with Gasteiger partial charge in [-0.25, -0.2) is 19.2 Å². The van der Waals surface area contributed by atoms with Crippen LogP contribution < -0.4 is 20.5 Å². The van der Waals surface area contributed by atoms with Crippen LogP contribution in [0.2, 0.25) is 0 Å². The second-order valence-electron chi connectivity index (χ2n) is 6.79. The number of benzene rings is 1. The van der Waals surface area contributed by atoms with Gasteiger partial charge >= 0.3 is 6.36 Å². The molecule has 3 heterocycles. The number of nitrogens with zero attached hydrogens (tertiary/aromatic N) is 2. The summed E-state index contributed by atoms with van der Waals surface area (Å²) in [6, 6.07) is 7.11. The minimum absolute atomic E-state index is 0.194. The quantitative estimate of drug-likeness (QED) is 0.755. The zero-order valence-electron chi connectivity index (χ0n) is 14.6. The zero-order chi connectivity index (χ0) is 19.9. The molecule has 1 aromatic heterocycles. The Balaban J connectivity index is 1.58.